The molecule has 0 saturated carbocycles. The van der Waals surface area contributed by atoms with Crippen LogP contribution in [0.5, 0.6) is 5.75 Å². The number of pyridine rings is 1. The van der Waals surface area contributed by atoms with Crippen LogP contribution in [0.15, 0.2) is 54.7 Å². The van der Waals surface area contributed by atoms with Gasteiger partial charge in [-0.3, -0.25) is 4.98 Å². The van der Waals surface area contributed by atoms with Crippen molar-refractivity contribution in [1.29, 1.82) is 0 Å². The Labute approximate surface area is 116 Å². The summed E-state index contributed by atoms with van der Waals surface area (Å²) in [6.45, 7) is 0. The second-order valence-corrected chi connectivity index (χ2v) is 4.63. The van der Waals surface area contributed by atoms with Crippen molar-refractivity contribution in [3.8, 4) is 17.0 Å². The van der Waals surface area contributed by atoms with Crippen molar-refractivity contribution < 1.29 is 4.74 Å². The maximum absolute atomic E-state index is 6.26. The largest absolute Gasteiger partial charge is 0.497 e. The Morgan fingerprint density at radius 3 is 2.68 bits per heavy atom. The molecule has 0 saturated heterocycles. The Morgan fingerprint density at radius 1 is 1.05 bits per heavy atom. The van der Waals surface area contributed by atoms with E-state index in [1.54, 1.807) is 13.3 Å². The monoisotopic (exact) mass is 269 g/mol. The lowest BCUT2D eigenvalue weighted by atomic mass is 10.0. The predicted molar refractivity (Wildman–Crippen MR) is 78.7 cm³/mol. The van der Waals surface area contributed by atoms with Crippen LogP contribution in [0.1, 0.15) is 0 Å². The van der Waals surface area contributed by atoms with E-state index in [0.29, 0.717) is 5.02 Å². The summed E-state index contributed by atoms with van der Waals surface area (Å²) >= 11 is 6.26. The van der Waals surface area contributed by atoms with Crippen LogP contribution in [-0.2, 0) is 0 Å². The van der Waals surface area contributed by atoms with Crippen molar-refractivity contribution in [2.75, 3.05) is 7.11 Å². The maximum atomic E-state index is 6.26. The van der Waals surface area contributed by atoms with Gasteiger partial charge in [-0.15, -0.1) is 0 Å². The van der Waals surface area contributed by atoms with Crippen LogP contribution >= 0.6 is 11.6 Å². The van der Waals surface area contributed by atoms with Crippen molar-refractivity contribution >= 4 is 22.4 Å². The quantitative estimate of drug-likeness (QED) is 0.680. The molecule has 0 fully saturated rings. The van der Waals surface area contributed by atoms with E-state index in [2.05, 4.69) is 4.98 Å². The lowest BCUT2D eigenvalue weighted by Crippen LogP contribution is -1.88. The summed E-state index contributed by atoms with van der Waals surface area (Å²) in [5, 5.41) is 2.85. The average molecular weight is 270 g/mol. The Kier molecular flexibility index (Phi) is 3.10. The van der Waals surface area contributed by atoms with Gasteiger partial charge >= 0.3 is 0 Å². The highest BCUT2D eigenvalue weighted by Gasteiger charge is 2.09. The van der Waals surface area contributed by atoms with E-state index >= 15 is 0 Å². The third-order valence-electron chi connectivity index (χ3n) is 3.10. The first-order valence-electron chi connectivity index (χ1n) is 5.97. The van der Waals surface area contributed by atoms with Crippen molar-refractivity contribution in [3.63, 3.8) is 0 Å². The van der Waals surface area contributed by atoms with E-state index in [1.165, 1.54) is 0 Å². The molecule has 19 heavy (non-hydrogen) atoms. The number of nitrogens with zero attached hydrogens (tertiary/aromatic N) is 1. The Hall–Kier alpha value is -2.06. The summed E-state index contributed by atoms with van der Waals surface area (Å²) in [6.07, 6.45) is 1.80. The zero-order chi connectivity index (χ0) is 13.2. The van der Waals surface area contributed by atoms with Gasteiger partial charge in [0.1, 0.15) is 5.75 Å². The second kappa shape index (κ2) is 4.90. The Morgan fingerprint density at radius 2 is 1.89 bits per heavy atom. The van der Waals surface area contributed by atoms with E-state index < -0.39 is 0 Å². The smallest absolute Gasteiger partial charge is 0.119 e. The molecule has 3 rings (SSSR count). The number of rotatable bonds is 2. The molecular formula is C16H12ClNO. The van der Waals surface area contributed by atoms with Crippen molar-refractivity contribution in [3.05, 3.63) is 59.8 Å². The third kappa shape index (κ3) is 2.15. The fourth-order valence-electron chi connectivity index (χ4n) is 2.14. The number of halogens is 1. The van der Waals surface area contributed by atoms with Gasteiger partial charge in [0.2, 0.25) is 0 Å². The first kappa shape index (κ1) is 12.0. The topological polar surface area (TPSA) is 22.1 Å². The Balaban J connectivity index is 2.32. The molecule has 0 radical (unpaired) electrons. The molecule has 0 aliphatic heterocycles. The lowest BCUT2D eigenvalue weighted by molar-refractivity contribution is 0.415. The fourth-order valence-corrected chi connectivity index (χ4v) is 2.37. The molecule has 0 amide bonds. The highest BCUT2D eigenvalue weighted by atomic mass is 35.5. The third-order valence-corrected chi connectivity index (χ3v) is 3.43. The summed E-state index contributed by atoms with van der Waals surface area (Å²) in [6, 6.07) is 15.7. The molecule has 0 spiro atoms. The molecule has 0 bridgehead atoms. The Bertz CT molecular complexity index is 740. The highest BCUT2D eigenvalue weighted by Crippen LogP contribution is 2.33. The number of benzene rings is 2. The molecule has 94 valence electrons. The van der Waals surface area contributed by atoms with Crippen LogP contribution in [-0.4, -0.2) is 12.1 Å². The zero-order valence-electron chi connectivity index (χ0n) is 10.4. The van der Waals surface area contributed by atoms with Gasteiger partial charge in [0.25, 0.3) is 0 Å². The van der Waals surface area contributed by atoms with Gasteiger partial charge < -0.3 is 4.74 Å². The summed E-state index contributed by atoms with van der Waals surface area (Å²) in [4.78, 5) is 4.47. The molecule has 0 unspecified atom stereocenters. The van der Waals surface area contributed by atoms with Crippen LogP contribution in [0.4, 0.5) is 0 Å². The van der Waals surface area contributed by atoms with Crippen LogP contribution < -0.4 is 4.74 Å². The summed E-state index contributed by atoms with van der Waals surface area (Å²) in [5.74, 6) is 0.814. The van der Waals surface area contributed by atoms with Crippen LogP contribution in [0.3, 0.4) is 0 Å². The molecule has 2 aromatic carbocycles. The molecule has 1 aromatic heterocycles. The van der Waals surface area contributed by atoms with Gasteiger partial charge in [0.15, 0.2) is 0 Å². The van der Waals surface area contributed by atoms with Crippen LogP contribution in [0.2, 0.25) is 5.02 Å². The van der Waals surface area contributed by atoms with E-state index in [0.717, 1.165) is 27.8 Å². The molecular weight excluding hydrogens is 258 g/mol. The van der Waals surface area contributed by atoms with Crippen molar-refractivity contribution in [1.82, 2.24) is 4.98 Å². The SMILES string of the molecule is COc1ccc2ccnc(-c3ccccc3Cl)c2c1. The number of fused-ring (bicyclic) bond motifs is 1. The van der Waals surface area contributed by atoms with E-state index in [9.17, 15) is 0 Å². The summed E-state index contributed by atoms with van der Waals surface area (Å²) < 4.78 is 5.28. The van der Waals surface area contributed by atoms with Gasteiger partial charge in [-0.05, 0) is 29.7 Å². The van der Waals surface area contributed by atoms with E-state index in [4.69, 9.17) is 16.3 Å². The van der Waals surface area contributed by atoms with Gasteiger partial charge in [0.05, 0.1) is 12.8 Å². The number of methoxy groups -OCH3 is 1. The first-order chi connectivity index (χ1) is 9.29. The number of hydrogen-bond acceptors (Lipinski definition) is 2. The van der Waals surface area contributed by atoms with Gasteiger partial charge in [-0.2, -0.15) is 0 Å². The van der Waals surface area contributed by atoms with E-state index in [1.807, 2.05) is 48.5 Å². The molecule has 0 aliphatic rings. The summed E-state index contributed by atoms with van der Waals surface area (Å²) in [7, 11) is 1.66. The molecule has 3 heteroatoms. The first-order valence-corrected chi connectivity index (χ1v) is 6.35. The normalized spacial score (nSPS) is 10.6. The minimum absolute atomic E-state index is 0.699. The van der Waals surface area contributed by atoms with Crippen molar-refractivity contribution in [2.24, 2.45) is 0 Å². The molecule has 0 N–H and O–H groups in total. The van der Waals surface area contributed by atoms with Crippen LogP contribution in [0, 0.1) is 0 Å². The van der Waals surface area contributed by atoms with Crippen LogP contribution in [0.25, 0.3) is 22.0 Å². The van der Waals surface area contributed by atoms with Gasteiger partial charge in [0, 0.05) is 22.2 Å². The molecule has 0 atom stereocenters. The van der Waals surface area contributed by atoms with Gasteiger partial charge in [-0.1, -0.05) is 35.9 Å². The summed E-state index contributed by atoms with van der Waals surface area (Å²) in [5.41, 5.74) is 1.81. The molecule has 0 aliphatic carbocycles. The number of ether oxygens (including phenoxy) is 1. The zero-order valence-corrected chi connectivity index (χ0v) is 11.2. The van der Waals surface area contributed by atoms with Gasteiger partial charge in [-0.25, -0.2) is 0 Å². The minimum atomic E-state index is 0.699. The fraction of sp³-hybridized carbons (Fsp3) is 0.0625. The average Bonchev–Trinajstić information content (AvgIpc) is 2.47. The van der Waals surface area contributed by atoms with Crippen molar-refractivity contribution in [2.45, 2.75) is 0 Å². The number of hydrogen-bond donors (Lipinski definition) is 0. The second-order valence-electron chi connectivity index (χ2n) is 4.23. The maximum Gasteiger partial charge on any atom is 0.119 e. The highest BCUT2D eigenvalue weighted by molar-refractivity contribution is 6.33. The minimum Gasteiger partial charge on any atom is -0.497 e. The molecule has 1 heterocycles. The standard InChI is InChI=1S/C16H12ClNO/c1-19-12-7-6-11-8-9-18-16(14(11)10-12)13-4-2-3-5-15(13)17/h2-10H,1H3. The predicted octanol–water partition coefficient (Wildman–Crippen LogP) is 4.56. The lowest BCUT2D eigenvalue weighted by Gasteiger charge is -2.09. The number of aromatic nitrogens is 1. The molecule has 2 nitrogen and oxygen atoms in total. The van der Waals surface area contributed by atoms with E-state index in [-0.39, 0.29) is 0 Å². The molecule has 3 aromatic rings.